The zero-order chi connectivity index (χ0) is 23.8. The summed E-state index contributed by atoms with van der Waals surface area (Å²) in [7, 11) is -2.42. The van der Waals surface area contributed by atoms with Crippen LogP contribution in [0.15, 0.2) is 53.4 Å². The second kappa shape index (κ2) is 11.2. The van der Waals surface area contributed by atoms with Gasteiger partial charge in [-0.3, -0.25) is 9.59 Å². The Kier molecular flexibility index (Phi) is 8.37. The molecule has 0 saturated carbocycles. The molecule has 1 saturated heterocycles. The van der Waals surface area contributed by atoms with Gasteiger partial charge in [-0.15, -0.1) is 0 Å². The molecule has 2 aromatic carbocycles. The summed E-state index contributed by atoms with van der Waals surface area (Å²) in [6.45, 7) is 0.489. The third kappa shape index (κ3) is 6.28. The van der Waals surface area contributed by atoms with Crippen LogP contribution in [0.4, 0.5) is 4.39 Å². The number of hydrogen-bond donors (Lipinski definition) is 2. The number of benzene rings is 2. The van der Waals surface area contributed by atoms with Gasteiger partial charge in [0.25, 0.3) is 0 Å². The minimum atomic E-state index is -3.97. The molecule has 33 heavy (non-hydrogen) atoms. The average molecular weight is 480 g/mol. The maximum Gasteiger partial charge on any atom is 0.309 e. The van der Waals surface area contributed by atoms with Crippen LogP contribution in [0.25, 0.3) is 0 Å². The molecular formula is C22H26FN3O6S. The summed E-state index contributed by atoms with van der Waals surface area (Å²) in [5, 5.41) is 4.95. The number of nitrogens with one attached hydrogen (secondary N) is 2. The summed E-state index contributed by atoms with van der Waals surface area (Å²) in [5.41, 5.74) is 0.887. The van der Waals surface area contributed by atoms with Gasteiger partial charge in [0, 0.05) is 13.1 Å². The molecule has 0 spiro atoms. The van der Waals surface area contributed by atoms with Crippen molar-refractivity contribution in [3.8, 4) is 5.75 Å². The van der Waals surface area contributed by atoms with Crippen molar-refractivity contribution in [1.29, 1.82) is 0 Å². The largest absolute Gasteiger partial charge is 0.496 e. The Balaban J connectivity index is 1.54. The van der Waals surface area contributed by atoms with Gasteiger partial charge < -0.3 is 20.1 Å². The summed E-state index contributed by atoms with van der Waals surface area (Å²) >= 11 is 0. The Labute approximate surface area is 191 Å². The second-order valence-corrected chi connectivity index (χ2v) is 9.17. The lowest BCUT2D eigenvalue weighted by Crippen LogP contribution is -2.53. The Morgan fingerprint density at radius 3 is 2.55 bits per heavy atom. The van der Waals surface area contributed by atoms with Crippen molar-refractivity contribution in [3.05, 3.63) is 59.9 Å². The number of carbonyl (C=O) groups is 2. The minimum absolute atomic E-state index is 0.0835. The van der Waals surface area contributed by atoms with Crippen molar-refractivity contribution in [3.63, 3.8) is 0 Å². The van der Waals surface area contributed by atoms with Crippen molar-refractivity contribution in [2.45, 2.75) is 24.0 Å². The second-order valence-electron chi connectivity index (χ2n) is 7.28. The van der Waals surface area contributed by atoms with Crippen LogP contribution in [0.1, 0.15) is 12.0 Å². The van der Waals surface area contributed by atoms with E-state index in [-0.39, 0.29) is 24.5 Å². The Morgan fingerprint density at radius 1 is 1.12 bits per heavy atom. The molecule has 1 aliphatic rings. The van der Waals surface area contributed by atoms with Crippen LogP contribution in [0, 0.1) is 5.82 Å². The lowest BCUT2D eigenvalue weighted by atomic mass is 10.1. The Hall–Kier alpha value is -3.02. The lowest BCUT2D eigenvalue weighted by molar-refractivity contribution is -0.140. The van der Waals surface area contributed by atoms with E-state index in [1.165, 1.54) is 12.1 Å². The van der Waals surface area contributed by atoms with Gasteiger partial charge in [0.05, 0.1) is 25.2 Å². The first-order chi connectivity index (χ1) is 15.8. The number of amides is 2. The molecule has 178 valence electrons. The van der Waals surface area contributed by atoms with E-state index in [4.69, 9.17) is 9.47 Å². The van der Waals surface area contributed by atoms with Gasteiger partial charge >= 0.3 is 11.8 Å². The molecule has 0 unspecified atom stereocenters. The number of carbonyl (C=O) groups excluding carboxylic acids is 2. The number of sulfonamides is 1. The highest BCUT2D eigenvalue weighted by Crippen LogP contribution is 2.22. The molecule has 0 aromatic heterocycles. The number of halogens is 1. The molecule has 1 heterocycles. The zero-order valence-electron chi connectivity index (χ0n) is 18.1. The SMILES string of the molecule is COc1ccccc1CCNC(=O)C(=O)NC[C@@H]1OCCCN1S(=O)(=O)c1ccc(F)cc1. The van der Waals surface area contributed by atoms with E-state index in [1.54, 1.807) is 13.2 Å². The monoisotopic (exact) mass is 479 g/mol. The summed E-state index contributed by atoms with van der Waals surface area (Å²) in [4.78, 5) is 24.2. The molecule has 0 aliphatic carbocycles. The van der Waals surface area contributed by atoms with Crippen LogP contribution in [-0.4, -0.2) is 64.1 Å². The molecule has 1 atom stereocenters. The fraction of sp³-hybridized carbons (Fsp3) is 0.364. The number of methoxy groups -OCH3 is 1. The van der Waals surface area contributed by atoms with Crippen LogP contribution in [0.3, 0.4) is 0 Å². The van der Waals surface area contributed by atoms with E-state index in [1.807, 2.05) is 18.2 Å². The van der Waals surface area contributed by atoms with E-state index in [2.05, 4.69) is 10.6 Å². The summed E-state index contributed by atoms with van der Waals surface area (Å²) in [6, 6.07) is 11.8. The predicted octanol–water partition coefficient (Wildman–Crippen LogP) is 1.05. The average Bonchev–Trinajstić information content (AvgIpc) is 2.83. The van der Waals surface area contributed by atoms with Crippen LogP contribution >= 0.6 is 0 Å². The molecule has 1 fully saturated rings. The number of para-hydroxylation sites is 1. The van der Waals surface area contributed by atoms with Gasteiger partial charge in [0.15, 0.2) is 0 Å². The first-order valence-corrected chi connectivity index (χ1v) is 11.8. The number of hydrogen-bond acceptors (Lipinski definition) is 6. The zero-order valence-corrected chi connectivity index (χ0v) is 18.9. The van der Waals surface area contributed by atoms with E-state index in [0.29, 0.717) is 25.2 Å². The van der Waals surface area contributed by atoms with Gasteiger partial charge in [0.1, 0.15) is 17.8 Å². The van der Waals surface area contributed by atoms with Gasteiger partial charge in [-0.05, 0) is 48.7 Å². The van der Waals surface area contributed by atoms with Crippen LogP contribution in [-0.2, 0) is 30.8 Å². The highest BCUT2D eigenvalue weighted by atomic mass is 32.2. The van der Waals surface area contributed by atoms with Gasteiger partial charge in [-0.1, -0.05) is 18.2 Å². The smallest absolute Gasteiger partial charge is 0.309 e. The predicted molar refractivity (Wildman–Crippen MR) is 117 cm³/mol. The Morgan fingerprint density at radius 2 is 1.82 bits per heavy atom. The molecule has 2 aromatic rings. The summed E-state index contributed by atoms with van der Waals surface area (Å²) in [5.74, 6) is -1.60. The van der Waals surface area contributed by atoms with Crippen molar-refractivity contribution in [2.75, 3.05) is 33.4 Å². The molecule has 1 aliphatic heterocycles. The highest BCUT2D eigenvalue weighted by Gasteiger charge is 2.35. The fourth-order valence-electron chi connectivity index (χ4n) is 3.41. The normalized spacial score (nSPS) is 16.7. The Bertz CT molecular complexity index is 1080. The minimum Gasteiger partial charge on any atom is -0.496 e. The lowest BCUT2D eigenvalue weighted by Gasteiger charge is -2.34. The molecule has 2 amide bonds. The summed E-state index contributed by atoms with van der Waals surface area (Å²) in [6.07, 6.45) is -0.0496. The standard InChI is InChI=1S/C22H26FN3O6S/c1-31-19-6-3-2-5-16(19)11-12-24-21(27)22(28)25-15-20-26(13-4-14-32-20)33(29,30)18-9-7-17(23)8-10-18/h2-3,5-10,20H,4,11-15H2,1H3,(H,24,27)(H,25,28)/t20-/m0/s1. The number of nitrogens with zero attached hydrogens (tertiary/aromatic N) is 1. The van der Waals surface area contributed by atoms with E-state index in [0.717, 1.165) is 22.0 Å². The molecule has 3 rings (SSSR count). The molecule has 9 nitrogen and oxygen atoms in total. The molecular weight excluding hydrogens is 453 g/mol. The van der Waals surface area contributed by atoms with Crippen molar-refractivity contribution >= 4 is 21.8 Å². The van der Waals surface area contributed by atoms with Crippen LogP contribution < -0.4 is 15.4 Å². The molecule has 2 N–H and O–H groups in total. The maximum absolute atomic E-state index is 13.2. The first-order valence-electron chi connectivity index (χ1n) is 10.4. The van der Waals surface area contributed by atoms with Crippen LogP contribution in [0.5, 0.6) is 5.75 Å². The molecule has 11 heteroatoms. The number of ether oxygens (including phenoxy) is 2. The van der Waals surface area contributed by atoms with Crippen LogP contribution in [0.2, 0.25) is 0 Å². The van der Waals surface area contributed by atoms with E-state index < -0.39 is 33.9 Å². The quantitative estimate of drug-likeness (QED) is 0.547. The fourth-order valence-corrected chi connectivity index (χ4v) is 4.97. The topological polar surface area (TPSA) is 114 Å². The third-order valence-corrected chi connectivity index (χ3v) is 6.99. The first kappa shape index (κ1) is 24.6. The third-order valence-electron chi connectivity index (χ3n) is 5.09. The van der Waals surface area contributed by atoms with Gasteiger partial charge in [-0.2, -0.15) is 4.31 Å². The molecule has 0 bridgehead atoms. The van der Waals surface area contributed by atoms with E-state index in [9.17, 15) is 22.4 Å². The van der Waals surface area contributed by atoms with Crippen molar-refractivity contribution in [1.82, 2.24) is 14.9 Å². The number of rotatable bonds is 8. The van der Waals surface area contributed by atoms with Gasteiger partial charge in [0.2, 0.25) is 10.0 Å². The van der Waals surface area contributed by atoms with Crippen molar-refractivity contribution in [2.24, 2.45) is 0 Å². The van der Waals surface area contributed by atoms with Crippen molar-refractivity contribution < 1.29 is 31.9 Å². The van der Waals surface area contributed by atoms with E-state index >= 15 is 0 Å². The van der Waals surface area contributed by atoms with Gasteiger partial charge in [-0.25, -0.2) is 12.8 Å². The summed E-state index contributed by atoms with van der Waals surface area (Å²) < 4.78 is 50.9. The molecule has 0 radical (unpaired) electrons. The highest BCUT2D eigenvalue weighted by molar-refractivity contribution is 7.89. The maximum atomic E-state index is 13.2.